The van der Waals surface area contributed by atoms with Crippen LogP contribution in [0, 0.1) is 0 Å². The molecule has 0 atom stereocenters. The minimum atomic E-state index is -0.546. The molecule has 1 amide bonds. The van der Waals surface area contributed by atoms with Crippen molar-refractivity contribution in [3.05, 3.63) is 52.5 Å². The van der Waals surface area contributed by atoms with Crippen LogP contribution < -0.4 is 10.5 Å². The Labute approximate surface area is 124 Å². The van der Waals surface area contributed by atoms with Crippen molar-refractivity contribution in [1.29, 1.82) is 0 Å². The van der Waals surface area contributed by atoms with Gasteiger partial charge in [0.1, 0.15) is 5.75 Å². The highest BCUT2D eigenvalue weighted by Crippen LogP contribution is 2.21. The lowest BCUT2D eigenvalue weighted by Gasteiger charge is -2.06. The van der Waals surface area contributed by atoms with Gasteiger partial charge in [0, 0.05) is 10.9 Å². The number of aromatic nitrogens is 2. The highest BCUT2D eigenvalue weighted by Gasteiger charge is 2.12. The van der Waals surface area contributed by atoms with E-state index in [0.717, 1.165) is 5.56 Å². The second-order valence-corrected chi connectivity index (χ2v) is 4.95. The minimum Gasteiger partial charge on any atom is -0.483 e. The Balaban J connectivity index is 1.73. The molecule has 0 aliphatic carbocycles. The van der Waals surface area contributed by atoms with E-state index in [9.17, 15) is 4.79 Å². The zero-order valence-electron chi connectivity index (χ0n) is 10.9. The smallest absolute Gasteiger partial charge is 0.264 e. The lowest BCUT2D eigenvalue weighted by atomic mass is 10.2. The molecule has 0 saturated heterocycles. The lowest BCUT2D eigenvalue weighted by molar-refractivity contribution is 0.0995. The summed E-state index contributed by atoms with van der Waals surface area (Å²) in [4.78, 5) is 15.5. The van der Waals surface area contributed by atoms with Crippen LogP contribution in [0.2, 0.25) is 0 Å². The number of carbonyl (C=O) groups is 1. The SMILES string of the molecule is NC(=O)c1ccccc1OCc1nc(-c2ccsc2)no1. The molecule has 0 unspecified atom stereocenters. The van der Waals surface area contributed by atoms with E-state index in [1.165, 1.54) is 0 Å². The van der Waals surface area contributed by atoms with Crippen molar-refractivity contribution in [3.8, 4) is 17.1 Å². The van der Waals surface area contributed by atoms with E-state index < -0.39 is 5.91 Å². The highest BCUT2D eigenvalue weighted by atomic mass is 32.1. The number of ether oxygens (including phenoxy) is 1. The van der Waals surface area contributed by atoms with Crippen LogP contribution in [-0.2, 0) is 6.61 Å². The maximum Gasteiger partial charge on any atom is 0.264 e. The molecular weight excluding hydrogens is 290 g/mol. The van der Waals surface area contributed by atoms with E-state index in [1.807, 2.05) is 16.8 Å². The van der Waals surface area contributed by atoms with Crippen LogP contribution in [-0.4, -0.2) is 16.0 Å². The van der Waals surface area contributed by atoms with E-state index in [0.29, 0.717) is 23.0 Å². The summed E-state index contributed by atoms with van der Waals surface area (Å²) >= 11 is 1.55. The van der Waals surface area contributed by atoms with Crippen LogP contribution in [0.3, 0.4) is 0 Å². The fourth-order valence-corrected chi connectivity index (χ4v) is 2.39. The van der Waals surface area contributed by atoms with Crippen molar-refractivity contribution in [3.63, 3.8) is 0 Å². The average molecular weight is 301 g/mol. The molecule has 0 fully saturated rings. The minimum absolute atomic E-state index is 0.0709. The number of hydrogen-bond acceptors (Lipinski definition) is 6. The van der Waals surface area contributed by atoms with Gasteiger partial charge in [-0.2, -0.15) is 16.3 Å². The molecule has 0 aliphatic rings. The van der Waals surface area contributed by atoms with E-state index in [1.54, 1.807) is 35.6 Å². The third-order valence-electron chi connectivity index (χ3n) is 2.75. The van der Waals surface area contributed by atoms with Crippen LogP contribution in [0.25, 0.3) is 11.4 Å². The molecule has 6 nitrogen and oxygen atoms in total. The molecule has 2 N–H and O–H groups in total. The standard InChI is InChI=1S/C14H11N3O3S/c15-13(18)10-3-1-2-4-11(10)19-7-12-16-14(17-20-12)9-5-6-21-8-9/h1-6,8H,7H2,(H2,15,18). The first-order valence-corrected chi connectivity index (χ1v) is 7.05. The Bertz CT molecular complexity index is 752. The summed E-state index contributed by atoms with van der Waals surface area (Å²) in [5.74, 6) is 0.684. The number of amides is 1. The zero-order chi connectivity index (χ0) is 14.7. The van der Waals surface area contributed by atoms with Gasteiger partial charge in [-0.25, -0.2) is 0 Å². The molecular formula is C14H11N3O3S. The monoisotopic (exact) mass is 301 g/mol. The number of carbonyl (C=O) groups excluding carboxylic acids is 1. The van der Waals surface area contributed by atoms with Gasteiger partial charge in [-0.05, 0) is 23.6 Å². The first-order valence-electron chi connectivity index (χ1n) is 6.11. The molecule has 106 valence electrons. The summed E-state index contributed by atoms with van der Waals surface area (Å²) < 4.78 is 10.6. The Kier molecular flexibility index (Phi) is 3.65. The molecule has 2 aromatic heterocycles. The number of para-hydroxylation sites is 1. The van der Waals surface area contributed by atoms with Crippen molar-refractivity contribution in [2.75, 3.05) is 0 Å². The Morgan fingerprint density at radius 2 is 2.19 bits per heavy atom. The van der Waals surface area contributed by atoms with E-state index in [-0.39, 0.29) is 6.61 Å². The molecule has 0 saturated carbocycles. The number of rotatable bonds is 5. The molecule has 3 rings (SSSR count). The predicted molar refractivity (Wildman–Crippen MR) is 76.9 cm³/mol. The van der Waals surface area contributed by atoms with E-state index >= 15 is 0 Å². The van der Waals surface area contributed by atoms with Crippen molar-refractivity contribution in [1.82, 2.24) is 10.1 Å². The fraction of sp³-hybridized carbons (Fsp3) is 0.0714. The molecule has 21 heavy (non-hydrogen) atoms. The maximum atomic E-state index is 11.3. The van der Waals surface area contributed by atoms with Crippen molar-refractivity contribution >= 4 is 17.2 Å². The van der Waals surface area contributed by atoms with Gasteiger partial charge in [0.25, 0.3) is 11.8 Å². The number of primary amides is 1. The molecule has 0 bridgehead atoms. The summed E-state index contributed by atoms with van der Waals surface area (Å²) in [5, 5.41) is 7.74. The number of hydrogen-bond donors (Lipinski definition) is 1. The average Bonchev–Trinajstić information content (AvgIpc) is 3.16. The topological polar surface area (TPSA) is 91.2 Å². The van der Waals surface area contributed by atoms with Crippen LogP contribution in [0.4, 0.5) is 0 Å². The zero-order valence-corrected chi connectivity index (χ0v) is 11.7. The summed E-state index contributed by atoms with van der Waals surface area (Å²) in [6.45, 7) is 0.0709. The van der Waals surface area contributed by atoms with Gasteiger partial charge >= 0.3 is 0 Å². The summed E-state index contributed by atoms with van der Waals surface area (Å²) in [6, 6.07) is 8.64. The quantitative estimate of drug-likeness (QED) is 0.781. The van der Waals surface area contributed by atoms with Gasteiger partial charge < -0.3 is 15.0 Å². The molecule has 3 aromatic rings. The van der Waals surface area contributed by atoms with Gasteiger partial charge in [-0.1, -0.05) is 17.3 Å². The molecule has 1 aromatic carbocycles. The molecule has 7 heteroatoms. The Hall–Kier alpha value is -2.67. The first kappa shape index (κ1) is 13.3. The molecule has 2 heterocycles. The number of nitrogens with zero attached hydrogens (tertiary/aromatic N) is 2. The van der Waals surface area contributed by atoms with Crippen LogP contribution in [0.15, 0.2) is 45.6 Å². The highest BCUT2D eigenvalue weighted by molar-refractivity contribution is 7.08. The van der Waals surface area contributed by atoms with E-state index in [4.69, 9.17) is 15.0 Å². The van der Waals surface area contributed by atoms with Crippen molar-refractivity contribution in [2.24, 2.45) is 5.73 Å². The van der Waals surface area contributed by atoms with Gasteiger partial charge in [0.2, 0.25) is 5.82 Å². The van der Waals surface area contributed by atoms with Crippen molar-refractivity contribution < 1.29 is 14.1 Å². The second-order valence-electron chi connectivity index (χ2n) is 4.17. The number of benzene rings is 1. The van der Waals surface area contributed by atoms with Crippen molar-refractivity contribution in [2.45, 2.75) is 6.61 Å². The first-order chi connectivity index (χ1) is 10.2. The van der Waals surface area contributed by atoms with Crippen LogP contribution >= 0.6 is 11.3 Å². The second kappa shape index (κ2) is 5.76. The summed E-state index contributed by atoms with van der Waals surface area (Å²) in [6.07, 6.45) is 0. The van der Waals surface area contributed by atoms with Gasteiger partial charge in [0.05, 0.1) is 5.56 Å². The molecule has 0 radical (unpaired) electrons. The third kappa shape index (κ3) is 2.92. The van der Waals surface area contributed by atoms with Gasteiger partial charge in [-0.3, -0.25) is 4.79 Å². The van der Waals surface area contributed by atoms with Gasteiger partial charge in [0.15, 0.2) is 6.61 Å². The Morgan fingerprint density at radius 3 is 2.95 bits per heavy atom. The lowest BCUT2D eigenvalue weighted by Crippen LogP contribution is -2.12. The number of nitrogens with two attached hydrogens (primary N) is 1. The summed E-state index contributed by atoms with van der Waals surface area (Å²) in [7, 11) is 0. The predicted octanol–water partition coefficient (Wildman–Crippen LogP) is 2.48. The largest absolute Gasteiger partial charge is 0.483 e. The normalized spacial score (nSPS) is 10.5. The fourth-order valence-electron chi connectivity index (χ4n) is 1.76. The third-order valence-corrected chi connectivity index (χ3v) is 3.43. The van der Waals surface area contributed by atoms with E-state index in [2.05, 4.69) is 10.1 Å². The summed E-state index contributed by atoms with van der Waals surface area (Å²) in [5.41, 5.74) is 6.49. The van der Waals surface area contributed by atoms with Crippen LogP contribution in [0.1, 0.15) is 16.2 Å². The van der Waals surface area contributed by atoms with Gasteiger partial charge in [-0.15, -0.1) is 0 Å². The van der Waals surface area contributed by atoms with Crippen LogP contribution in [0.5, 0.6) is 5.75 Å². The maximum absolute atomic E-state index is 11.3. The number of thiophene rings is 1. The Morgan fingerprint density at radius 1 is 1.33 bits per heavy atom. The molecule has 0 aliphatic heterocycles. The molecule has 0 spiro atoms.